The van der Waals surface area contributed by atoms with Gasteiger partial charge in [0.2, 0.25) is 11.8 Å². The number of hydrogen-bond donors (Lipinski definition) is 2. The Morgan fingerprint density at radius 1 is 1.00 bits per heavy atom. The van der Waals surface area contributed by atoms with E-state index in [-0.39, 0.29) is 48.4 Å². The van der Waals surface area contributed by atoms with E-state index in [0.717, 1.165) is 6.20 Å². The van der Waals surface area contributed by atoms with Gasteiger partial charge in [0.25, 0.3) is 5.91 Å². The second kappa shape index (κ2) is 6.89. The molecule has 3 N–H and O–H groups in total. The molecule has 31 heavy (non-hydrogen) atoms. The maximum atomic E-state index is 13.2. The summed E-state index contributed by atoms with van der Waals surface area (Å²) >= 11 is 0. The van der Waals surface area contributed by atoms with Crippen molar-refractivity contribution < 1.29 is 36.2 Å². The first kappa shape index (κ1) is 21.0. The third kappa shape index (κ3) is 3.79. The normalized spacial score (nSPS) is 21.1. The molecule has 0 unspecified atom stereocenters. The number of carbonyl (C=O) groups is 1. The Morgan fingerprint density at radius 3 is 2.00 bits per heavy atom. The number of hydrogen-bond acceptors (Lipinski definition) is 6. The number of primary amides is 1. The fraction of sp³-hybridized carbons (Fsp3) is 0.389. The van der Waals surface area contributed by atoms with Crippen LogP contribution in [0.2, 0.25) is 0 Å². The van der Waals surface area contributed by atoms with Crippen LogP contribution in [0, 0.1) is 0 Å². The highest BCUT2D eigenvalue weighted by atomic mass is 19.4. The van der Waals surface area contributed by atoms with Crippen LogP contribution in [-0.2, 0) is 12.4 Å². The van der Waals surface area contributed by atoms with Crippen molar-refractivity contribution in [1.82, 2.24) is 9.97 Å². The Kier molecular flexibility index (Phi) is 4.67. The van der Waals surface area contributed by atoms with Gasteiger partial charge in [0.1, 0.15) is 5.56 Å². The lowest BCUT2D eigenvalue weighted by molar-refractivity contribution is -0.143. The fourth-order valence-corrected chi connectivity index (χ4v) is 4.01. The standard InChI is InChI=1S/C18H15F6N5O2/c19-17(20,21)8-1-9(18(22,23)24)3-10(2-8)28-6-12-4-11(28)7-29(12)16-26-5-13(14(25)30)15(31)27-16/h1-3,5,11-12H,4,6-7H2,(H2,25,30)(H,26,27,31)/t11-,12-/m0/s1. The Hall–Kier alpha value is -3.25. The van der Waals surface area contributed by atoms with Crippen molar-refractivity contribution in [3.05, 3.63) is 41.1 Å². The number of amides is 1. The maximum absolute atomic E-state index is 13.2. The molecule has 166 valence electrons. The van der Waals surface area contributed by atoms with E-state index in [1.807, 2.05) is 0 Å². The van der Waals surface area contributed by atoms with Crippen LogP contribution in [0.4, 0.5) is 38.0 Å². The molecule has 2 atom stereocenters. The zero-order chi connectivity index (χ0) is 22.7. The number of aromatic nitrogens is 2. The van der Waals surface area contributed by atoms with Crippen molar-refractivity contribution in [2.45, 2.75) is 30.9 Å². The predicted octanol–water partition coefficient (Wildman–Crippen LogP) is 2.79. The summed E-state index contributed by atoms with van der Waals surface area (Å²) in [7, 11) is 0. The Bertz CT molecular complexity index is 1010. The van der Waals surface area contributed by atoms with Crippen molar-refractivity contribution in [3.63, 3.8) is 0 Å². The van der Waals surface area contributed by atoms with Gasteiger partial charge in [0.15, 0.2) is 0 Å². The van der Waals surface area contributed by atoms with Gasteiger partial charge in [0, 0.05) is 31.0 Å². The zero-order valence-corrected chi connectivity index (χ0v) is 15.6. The van der Waals surface area contributed by atoms with Gasteiger partial charge < -0.3 is 20.6 Å². The highest BCUT2D eigenvalue weighted by molar-refractivity contribution is 5.94. The van der Waals surface area contributed by atoms with Crippen molar-refractivity contribution in [1.29, 1.82) is 0 Å². The quantitative estimate of drug-likeness (QED) is 0.703. The summed E-state index contributed by atoms with van der Waals surface area (Å²) in [5.41, 5.74) is 1.92. The lowest BCUT2D eigenvalue weighted by Gasteiger charge is -2.36. The summed E-state index contributed by atoms with van der Waals surface area (Å²) in [6.07, 6.45) is -8.33. The number of carbonyl (C=O) groups excluding carboxylic acids is 1. The number of rotatable bonds is 3. The minimum Gasteiger partial charge on any atom is -0.493 e. The number of nitrogens with two attached hydrogens (primary N) is 1. The van der Waals surface area contributed by atoms with E-state index >= 15 is 0 Å². The van der Waals surface area contributed by atoms with Gasteiger partial charge >= 0.3 is 12.4 Å². The van der Waals surface area contributed by atoms with Crippen LogP contribution in [0.1, 0.15) is 27.9 Å². The molecule has 0 saturated carbocycles. The van der Waals surface area contributed by atoms with E-state index in [9.17, 15) is 36.2 Å². The van der Waals surface area contributed by atoms with E-state index in [0.29, 0.717) is 18.6 Å². The Balaban J connectivity index is 1.61. The smallest absolute Gasteiger partial charge is 0.416 e. The van der Waals surface area contributed by atoms with E-state index in [1.54, 1.807) is 4.90 Å². The average molecular weight is 447 g/mol. The number of alkyl halides is 6. The second-order valence-electron chi connectivity index (χ2n) is 7.38. The van der Waals surface area contributed by atoms with Gasteiger partial charge in [-0.25, -0.2) is 4.98 Å². The van der Waals surface area contributed by atoms with Crippen LogP contribution < -0.4 is 15.5 Å². The van der Waals surface area contributed by atoms with Crippen LogP contribution in [0.5, 0.6) is 5.88 Å². The summed E-state index contributed by atoms with van der Waals surface area (Å²) in [5.74, 6) is -1.43. The first-order valence-corrected chi connectivity index (χ1v) is 9.03. The third-order valence-corrected chi connectivity index (χ3v) is 5.42. The summed E-state index contributed by atoms with van der Waals surface area (Å²) < 4.78 is 78.9. The lowest BCUT2D eigenvalue weighted by Crippen LogP contribution is -2.47. The number of anilines is 2. The molecule has 0 radical (unpaired) electrons. The molecule has 2 bridgehead atoms. The van der Waals surface area contributed by atoms with Crippen molar-refractivity contribution >= 4 is 17.5 Å². The van der Waals surface area contributed by atoms with E-state index in [2.05, 4.69) is 9.97 Å². The lowest BCUT2D eigenvalue weighted by atomic mass is 10.1. The van der Waals surface area contributed by atoms with Gasteiger partial charge in [-0.05, 0) is 24.6 Å². The molecule has 2 aliphatic rings. The molecule has 0 aliphatic carbocycles. The zero-order valence-electron chi connectivity index (χ0n) is 15.6. The monoisotopic (exact) mass is 447 g/mol. The molecule has 2 fully saturated rings. The molecule has 0 spiro atoms. The SMILES string of the molecule is NC(=O)c1cnc(N2C[C@@H]3C[C@H]2CN3c2cc(C(F)(F)F)cc(C(F)(F)F)c2)nc1O. The number of fused-ring (bicyclic) bond motifs is 2. The molecular formula is C18H15F6N5O2. The molecule has 2 saturated heterocycles. The minimum absolute atomic E-state index is 0.0923. The summed E-state index contributed by atoms with van der Waals surface area (Å²) in [4.78, 5) is 22.2. The number of nitrogens with zero attached hydrogens (tertiary/aromatic N) is 4. The van der Waals surface area contributed by atoms with E-state index in [1.165, 1.54) is 4.90 Å². The summed E-state index contributed by atoms with van der Waals surface area (Å²) in [5, 5.41) is 9.83. The van der Waals surface area contributed by atoms with Gasteiger partial charge in [-0.15, -0.1) is 0 Å². The molecule has 4 rings (SSSR count). The van der Waals surface area contributed by atoms with Gasteiger partial charge in [-0.1, -0.05) is 0 Å². The number of benzene rings is 1. The van der Waals surface area contributed by atoms with Crippen LogP contribution >= 0.6 is 0 Å². The molecule has 3 heterocycles. The molecular weight excluding hydrogens is 432 g/mol. The summed E-state index contributed by atoms with van der Waals surface area (Å²) in [6.45, 7) is 0.364. The molecule has 2 aromatic rings. The first-order valence-electron chi connectivity index (χ1n) is 9.03. The minimum atomic E-state index is -4.92. The topological polar surface area (TPSA) is 95.6 Å². The molecule has 13 heteroatoms. The molecule has 1 amide bonds. The van der Waals surface area contributed by atoms with Crippen LogP contribution in [-0.4, -0.2) is 46.2 Å². The molecule has 1 aromatic carbocycles. The first-order chi connectivity index (χ1) is 14.3. The largest absolute Gasteiger partial charge is 0.493 e. The van der Waals surface area contributed by atoms with Crippen LogP contribution in [0.3, 0.4) is 0 Å². The Morgan fingerprint density at radius 2 is 1.55 bits per heavy atom. The highest BCUT2D eigenvalue weighted by Gasteiger charge is 2.46. The summed E-state index contributed by atoms with van der Waals surface area (Å²) in [6, 6.07) is 0.846. The molecule has 1 aromatic heterocycles. The van der Waals surface area contributed by atoms with Gasteiger partial charge in [-0.2, -0.15) is 31.3 Å². The highest BCUT2D eigenvalue weighted by Crippen LogP contribution is 2.42. The van der Waals surface area contributed by atoms with Crippen molar-refractivity contribution in [2.24, 2.45) is 5.73 Å². The molecule has 7 nitrogen and oxygen atoms in total. The average Bonchev–Trinajstić information content (AvgIpc) is 3.26. The van der Waals surface area contributed by atoms with Gasteiger partial charge in [-0.3, -0.25) is 4.79 Å². The number of piperazine rings is 1. The third-order valence-electron chi connectivity index (χ3n) is 5.42. The second-order valence-corrected chi connectivity index (χ2v) is 7.38. The number of halogens is 6. The predicted molar refractivity (Wildman–Crippen MR) is 95.5 cm³/mol. The van der Waals surface area contributed by atoms with Crippen LogP contribution in [0.25, 0.3) is 0 Å². The van der Waals surface area contributed by atoms with Crippen molar-refractivity contribution in [2.75, 3.05) is 22.9 Å². The molecule has 2 aliphatic heterocycles. The van der Waals surface area contributed by atoms with Gasteiger partial charge in [0.05, 0.1) is 17.2 Å². The van der Waals surface area contributed by atoms with E-state index in [4.69, 9.17) is 5.73 Å². The Labute approximate surface area is 171 Å². The maximum Gasteiger partial charge on any atom is 0.416 e. The fourth-order valence-electron chi connectivity index (χ4n) is 4.01. The van der Waals surface area contributed by atoms with Crippen LogP contribution in [0.15, 0.2) is 24.4 Å². The number of aromatic hydroxyl groups is 1. The van der Waals surface area contributed by atoms with Crippen molar-refractivity contribution in [3.8, 4) is 5.88 Å². The van der Waals surface area contributed by atoms with E-state index < -0.39 is 35.3 Å².